The van der Waals surface area contributed by atoms with Crippen LogP contribution in [0.2, 0.25) is 0 Å². The van der Waals surface area contributed by atoms with Crippen LogP contribution in [0.3, 0.4) is 0 Å². The van der Waals surface area contributed by atoms with E-state index in [1.165, 1.54) is 23.2 Å². The van der Waals surface area contributed by atoms with E-state index in [0.717, 1.165) is 22.1 Å². The summed E-state index contributed by atoms with van der Waals surface area (Å²) in [6.45, 7) is 0.105. The summed E-state index contributed by atoms with van der Waals surface area (Å²) in [5.74, 6) is -0.740. The van der Waals surface area contributed by atoms with Crippen molar-refractivity contribution in [3.8, 4) is 11.1 Å². The van der Waals surface area contributed by atoms with Crippen LogP contribution in [-0.2, 0) is 19.2 Å². The first kappa shape index (κ1) is 18.5. The number of benzene rings is 2. The SMILES string of the molecule is [B]C1(O)c2ncccc2C(=O)N1Cc1ccc(-c2cc(F)cc3nn(C)cc23)cc1. The van der Waals surface area contributed by atoms with Gasteiger partial charge in [-0.15, -0.1) is 0 Å². The van der Waals surface area contributed by atoms with E-state index in [4.69, 9.17) is 7.85 Å². The molecule has 1 aliphatic heterocycles. The lowest BCUT2D eigenvalue weighted by molar-refractivity contribution is -0.0223. The molecule has 8 heteroatoms. The van der Waals surface area contributed by atoms with Gasteiger partial charge in [-0.05, 0) is 34.9 Å². The van der Waals surface area contributed by atoms with Gasteiger partial charge < -0.3 is 10.0 Å². The van der Waals surface area contributed by atoms with E-state index in [2.05, 4.69) is 10.1 Å². The minimum absolute atomic E-state index is 0.105. The van der Waals surface area contributed by atoms with Crippen LogP contribution in [0.4, 0.5) is 4.39 Å². The van der Waals surface area contributed by atoms with E-state index < -0.39 is 5.62 Å². The Morgan fingerprint density at radius 3 is 2.67 bits per heavy atom. The molecular formula is C22H16BFN4O2. The zero-order chi connectivity index (χ0) is 21.0. The largest absolute Gasteiger partial charge is 0.374 e. The Morgan fingerprint density at radius 1 is 1.17 bits per heavy atom. The molecule has 146 valence electrons. The highest BCUT2D eigenvalue weighted by atomic mass is 19.1. The van der Waals surface area contributed by atoms with Crippen LogP contribution in [0.15, 0.2) is 60.9 Å². The van der Waals surface area contributed by atoms with Crippen LogP contribution in [-0.4, -0.2) is 38.5 Å². The molecule has 5 rings (SSSR count). The molecule has 1 aliphatic rings. The number of pyridine rings is 1. The number of carbonyl (C=O) groups excluding carboxylic acids is 1. The fourth-order valence-corrected chi connectivity index (χ4v) is 3.91. The quantitative estimate of drug-likeness (QED) is 0.539. The Kier molecular flexibility index (Phi) is 4.01. The lowest BCUT2D eigenvalue weighted by Gasteiger charge is -2.31. The van der Waals surface area contributed by atoms with Gasteiger partial charge >= 0.3 is 0 Å². The van der Waals surface area contributed by atoms with Gasteiger partial charge in [-0.25, -0.2) is 4.39 Å². The highest BCUT2D eigenvalue weighted by Gasteiger charge is 2.45. The first-order valence-electron chi connectivity index (χ1n) is 9.35. The van der Waals surface area contributed by atoms with E-state index in [0.29, 0.717) is 5.52 Å². The standard InChI is InChI=1S/C22H16BFN4O2/c1-27-12-18-17(9-15(24)10-19(18)26-27)14-6-4-13(5-7-14)11-28-21(29)16-3-2-8-25-20(16)22(28,23)30/h2-10,12,30H,11H2,1H3. The predicted octanol–water partition coefficient (Wildman–Crippen LogP) is 2.70. The summed E-state index contributed by atoms with van der Waals surface area (Å²) < 4.78 is 15.7. The van der Waals surface area contributed by atoms with Crippen molar-refractivity contribution in [2.24, 2.45) is 7.05 Å². The van der Waals surface area contributed by atoms with Crippen molar-refractivity contribution in [1.82, 2.24) is 19.7 Å². The van der Waals surface area contributed by atoms with Gasteiger partial charge in [0.05, 0.1) is 16.8 Å². The van der Waals surface area contributed by atoms with Crippen molar-refractivity contribution in [1.29, 1.82) is 0 Å². The smallest absolute Gasteiger partial charge is 0.258 e. The molecule has 2 radical (unpaired) electrons. The second-order valence-electron chi connectivity index (χ2n) is 7.40. The van der Waals surface area contributed by atoms with Crippen molar-refractivity contribution in [2.45, 2.75) is 12.2 Å². The first-order valence-corrected chi connectivity index (χ1v) is 9.35. The van der Waals surface area contributed by atoms with Gasteiger partial charge in [0.25, 0.3) is 5.91 Å². The average Bonchev–Trinajstić information content (AvgIpc) is 3.18. The molecule has 3 heterocycles. The number of nitrogens with zero attached hydrogens (tertiary/aromatic N) is 4. The van der Waals surface area contributed by atoms with E-state index in [1.807, 2.05) is 30.5 Å². The summed E-state index contributed by atoms with van der Waals surface area (Å²) >= 11 is 0. The molecule has 30 heavy (non-hydrogen) atoms. The monoisotopic (exact) mass is 398 g/mol. The van der Waals surface area contributed by atoms with E-state index in [-0.39, 0.29) is 29.5 Å². The molecule has 2 aromatic heterocycles. The molecule has 0 saturated heterocycles. The van der Waals surface area contributed by atoms with E-state index in [1.54, 1.807) is 23.9 Å². The highest BCUT2D eigenvalue weighted by molar-refractivity contribution is 6.19. The Bertz CT molecular complexity index is 1300. The second kappa shape index (κ2) is 6.50. The number of carbonyl (C=O) groups is 1. The van der Waals surface area contributed by atoms with E-state index in [9.17, 15) is 14.3 Å². The fraction of sp³-hybridized carbons (Fsp3) is 0.136. The maximum atomic E-state index is 14.1. The molecule has 0 aliphatic carbocycles. The Balaban J connectivity index is 1.47. The minimum Gasteiger partial charge on any atom is -0.374 e. The van der Waals surface area contributed by atoms with Crippen molar-refractivity contribution in [2.75, 3.05) is 0 Å². The first-order chi connectivity index (χ1) is 14.3. The van der Waals surface area contributed by atoms with Gasteiger partial charge in [0.1, 0.15) is 11.4 Å². The Hall–Kier alpha value is -3.52. The fourth-order valence-electron chi connectivity index (χ4n) is 3.91. The van der Waals surface area contributed by atoms with Crippen LogP contribution in [0.1, 0.15) is 21.6 Å². The average molecular weight is 398 g/mol. The predicted molar refractivity (Wildman–Crippen MR) is 110 cm³/mol. The molecule has 0 bridgehead atoms. The van der Waals surface area contributed by atoms with Gasteiger partial charge in [-0.1, -0.05) is 24.3 Å². The third-order valence-electron chi connectivity index (χ3n) is 5.35. The molecular weight excluding hydrogens is 382 g/mol. The van der Waals surface area contributed by atoms with Crippen molar-refractivity contribution < 1.29 is 14.3 Å². The summed E-state index contributed by atoms with van der Waals surface area (Å²) in [5, 5.41) is 15.8. The number of halogens is 1. The number of rotatable bonds is 3. The summed E-state index contributed by atoms with van der Waals surface area (Å²) in [4.78, 5) is 17.9. The molecule has 1 amide bonds. The molecule has 1 atom stereocenters. The third-order valence-corrected chi connectivity index (χ3v) is 5.35. The number of hydrogen-bond acceptors (Lipinski definition) is 4. The molecule has 0 saturated carbocycles. The summed E-state index contributed by atoms with van der Waals surface area (Å²) in [7, 11) is 7.81. The van der Waals surface area contributed by atoms with Crippen LogP contribution >= 0.6 is 0 Å². The summed E-state index contributed by atoms with van der Waals surface area (Å²) in [6.07, 6.45) is 3.33. The van der Waals surface area contributed by atoms with Crippen molar-refractivity contribution >= 4 is 24.7 Å². The third kappa shape index (κ3) is 2.80. The van der Waals surface area contributed by atoms with Crippen molar-refractivity contribution in [3.63, 3.8) is 0 Å². The molecule has 1 unspecified atom stereocenters. The number of aryl methyl sites for hydroxylation is 1. The van der Waals surface area contributed by atoms with Gasteiger partial charge in [-0.3, -0.25) is 14.5 Å². The maximum absolute atomic E-state index is 14.1. The van der Waals surface area contributed by atoms with Gasteiger partial charge in [-0.2, -0.15) is 5.10 Å². The second-order valence-corrected chi connectivity index (χ2v) is 7.40. The van der Waals surface area contributed by atoms with E-state index >= 15 is 0 Å². The Morgan fingerprint density at radius 2 is 1.93 bits per heavy atom. The van der Waals surface area contributed by atoms with Crippen LogP contribution in [0.25, 0.3) is 22.0 Å². The molecule has 6 nitrogen and oxygen atoms in total. The Labute approximate surface area is 173 Å². The molecule has 2 aromatic carbocycles. The maximum Gasteiger partial charge on any atom is 0.258 e. The van der Waals surface area contributed by atoms with Gasteiger partial charge in [0.15, 0.2) is 7.85 Å². The van der Waals surface area contributed by atoms with Crippen LogP contribution in [0.5, 0.6) is 0 Å². The number of amides is 1. The lowest BCUT2D eigenvalue weighted by atomic mass is 9.87. The minimum atomic E-state index is -1.98. The van der Waals surface area contributed by atoms with Crippen LogP contribution in [0, 0.1) is 5.82 Å². The number of aliphatic hydroxyl groups is 1. The zero-order valence-corrected chi connectivity index (χ0v) is 16.1. The molecule has 4 aromatic rings. The molecule has 0 fully saturated rings. The summed E-state index contributed by atoms with van der Waals surface area (Å²) in [5.41, 5.74) is 1.35. The van der Waals surface area contributed by atoms with Crippen molar-refractivity contribution in [3.05, 3.63) is 83.6 Å². The molecule has 1 N–H and O–H groups in total. The lowest BCUT2D eigenvalue weighted by Crippen LogP contribution is -2.44. The van der Waals surface area contributed by atoms with Gasteiger partial charge in [0.2, 0.25) is 0 Å². The highest BCUT2D eigenvalue weighted by Crippen LogP contribution is 2.35. The number of aromatic nitrogens is 3. The summed E-state index contributed by atoms with van der Waals surface area (Å²) in [6, 6.07) is 13.4. The van der Waals surface area contributed by atoms with Crippen LogP contribution < -0.4 is 0 Å². The topological polar surface area (TPSA) is 71.2 Å². The number of hydrogen-bond donors (Lipinski definition) is 1. The number of fused-ring (bicyclic) bond motifs is 2. The zero-order valence-electron chi connectivity index (χ0n) is 16.1. The normalized spacial score (nSPS) is 18.2. The van der Waals surface area contributed by atoms with Gasteiger partial charge in [0, 0.05) is 37.4 Å². The molecule has 0 spiro atoms.